The lowest BCUT2D eigenvalue weighted by atomic mass is 10.0. The molecule has 1 aliphatic rings. The third-order valence-corrected chi connectivity index (χ3v) is 2.77. The van der Waals surface area contributed by atoms with Crippen LogP contribution in [0.2, 0.25) is 5.02 Å². The Kier molecular flexibility index (Phi) is 2.94. The maximum atomic E-state index is 11.7. The molecule has 0 spiro atoms. The van der Waals surface area contributed by atoms with Gasteiger partial charge in [-0.3, -0.25) is 14.6 Å². The van der Waals surface area contributed by atoms with Gasteiger partial charge in [0.1, 0.15) is 6.04 Å². The normalized spacial score (nSPS) is 20.6. The Morgan fingerprint density at radius 3 is 2.44 bits per heavy atom. The summed E-state index contributed by atoms with van der Waals surface area (Å²) in [5.41, 5.74) is 3.62. The molecular weight excluding hydrogens is 228 g/mol. The van der Waals surface area contributed by atoms with E-state index in [1.165, 1.54) is 5.01 Å². The summed E-state index contributed by atoms with van der Waals surface area (Å²) in [6, 6.07) is 6.30. The summed E-state index contributed by atoms with van der Waals surface area (Å²) in [5.74, 6) is -0.911. The zero-order chi connectivity index (χ0) is 11.7. The number of likely N-dealkylation sites (N-methyl/N-ethyl adjacent to an activating group) is 1. The number of carbonyl (C=O) groups excluding carboxylic acids is 2. The molecule has 1 unspecified atom stereocenters. The van der Waals surface area contributed by atoms with Crippen molar-refractivity contribution in [1.29, 1.82) is 0 Å². The van der Waals surface area contributed by atoms with Gasteiger partial charge in [0.2, 0.25) is 5.78 Å². The summed E-state index contributed by atoms with van der Waals surface area (Å²) < 4.78 is 0. The Labute approximate surface area is 98.2 Å². The van der Waals surface area contributed by atoms with Crippen molar-refractivity contribution in [3.63, 3.8) is 0 Å². The van der Waals surface area contributed by atoms with Crippen molar-refractivity contribution in [3.05, 3.63) is 34.9 Å². The highest BCUT2D eigenvalue weighted by molar-refractivity contribution is 6.39. The number of nitrogens with zero attached hydrogens (tertiary/aromatic N) is 1. The van der Waals surface area contributed by atoms with E-state index in [-0.39, 0.29) is 0 Å². The van der Waals surface area contributed by atoms with Crippen LogP contribution in [0.5, 0.6) is 0 Å². The largest absolute Gasteiger partial charge is 0.306 e. The van der Waals surface area contributed by atoms with Gasteiger partial charge in [-0.15, -0.1) is 0 Å². The molecular formula is C11H11ClN2O2. The van der Waals surface area contributed by atoms with Gasteiger partial charge >= 0.3 is 5.91 Å². The minimum atomic E-state index is -0.579. The summed E-state index contributed by atoms with van der Waals surface area (Å²) >= 11 is 5.76. The van der Waals surface area contributed by atoms with E-state index in [4.69, 9.17) is 11.6 Å². The van der Waals surface area contributed by atoms with Crippen LogP contribution >= 0.6 is 11.6 Å². The quantitative estimate of drug-likeness (QED) is 0.791. The zero-order valence-electron chi connectivity index (χ0n) is 8.74. The van der Waals surface area contributed by atoms with Crippen molar-refractivity contribution >= 4 is 23.3 Å². The minimum absolute atomic E-state index is 0.427. The molecule has 0 aliphatic carbocycles. The van der Waals surface area contributed by atoms with Crippen LogP contribution in [0.3, 0.4) is 0 Å². The second-order valence-electron chi connectivity index (χ2n) is 3.53. The number of benzene rings is 1. The molecule has 1 fully saturated rings. The van der Waals surface area contributed by atoms with E-state index in [0.717, 1.165) is 5.56 Å². The molecule has 0 saturated carbocycles. The van der Waals surface area contributed by atoms with E-state index in [1.54, 1.807) is 24.3 Å². The van der Waals surface area contributed by atoms with Gasteiger partial charge in [-0.2, -0.15) is 0 Å². The average Bonchev–Trinajstić information content (AvgIpc) is 2.57. The van der Waals surface area contributed by atoms with Gasteiger partial charge in [-0.1, -0.05) is 23.7 Å². The Hall–Kier alpha value is -1.39. The first kappa shape index (κ1) is 11.1. The zero-order valence-corrected chi connectivity index (χ0v) is 9.49. The van der Waals surface area contributed by atoms with Gasteiger partial charge in [0.25, 0.3) is 0 Å². The molecule has 1 amide bonds. The summed E-state index contributed by atoms with van der Waals surface area (Å²) in [4.78, 5) is 23.1. The summed E-state index contributed by atoms with van der Waals surface area (Å²) in [6.45, 7) is 2.27. The number of hydrazine groups is 1. The number of hydrogen-bond acceptors (Lipinski definition) is 3. The molecule has 2 rings (SSSR count). The number of hydrogen-bond donors (Lipinski definition) is 1. The number of rotatable bonds is 2. The lowest BCUT2D eigenvalue weighted by Gasteiger charge is -2.14. The lowest BCUT2D eigenvalue weighted by Crippen LogP contribution is -2.34. The van der Waals surface area contributed by atoms with Gasteiger partial charge in [0.15, 0.2) is 0 Å². The Bertz CT molecular complexity index is 430. The van der Waals surface area contributed by atoms with E-state index < -0.39 is 17.7 Å². The lowest BCUT2D eigenvalue weighted by molar-refractivity contribution is -0.140. The molecule has 1 N–H and O–H groups in total. The third kappa shape index (κ3) is 1.81. The predicted molar refractivity (Wildman–Crippen MR) is 59.7 cm³/mol. The Morgan fingerprint density at radius 2 is 1.94 bits per heavy atom. The monoisotopic (exact) mass is 238 g/mol. The maximum Gasteiger partial charge on any atom is 0.306 e. The van der Waals surface area contributed by atoms with Gasteiger partial charge < -0.3 is 0 Å². The van der Waals surface area contributed by atoms with Crippen LogP contribution in [0, 0.1) is 0 Å². The number of nitrogens with one attached hydrogen (secondary N) is 1. The van der Waals surface area contributed by atoms with Crippen LogP contribution in [0.1, 0.15) is 18.5 Å². The molecule has 84 valence electrons. The highest BCUT2D eigenvalue weighted by atomic mass is 35.5. The molecule has 0 bridgehead atoms. The summed E-state index contributed by atoms with van der Waals surface area (Å²) in [7, 11) is 0. The van der Waals surface area contributed by atoms with Crippen molar-refractivity contribution in [3.8, 4) is 0 Å². The number of halogens is 1. The first-order valence-electron chi connectivity index (χ1n) is 5.01. The van der Waals surface area contributed by atoms with Crippen molar-refractivity contribution < 1.29 is 9.59 Å². The van der Waals surface area contributed by atoms with Crippen molar-refractivity contribution in [1.82, 2.24) is 10.4 Å². The SMILES string of the molecule is CCN1NC(c2ccc(Cl)cc2)C(=O)C1=O. The van der Waals surface area contributed by atoms with E-state index >= 15 is 0 Å². The van der Waals surface area contributed by atoms with Gasteiger partial charge in [0.05, 0.1) is 0 Å². The third-order valence-electron chi connectivity index (χ3n) is 2.52. The molecule has 1 aliphatic heterocycles. The fourth-order valence-electron chi connectivity index (χ4n) is 1.65. The highest BCUT2D eigenvalue weighted by Gasteiger charge is 2.38. The molecule has 1 heterocycles. The molecule has 1 atom stereocenters. The molecule has 4 nitrogen and oxygen atoms in total. The topological polar surface area (TPSA) is 49.4 Å². The Balaban J connectivity index is 2.26. The van der Waals surface area contributed by atoms with Gasteiger partial charge in [-0.05, 0) is 24.6 Å². The molecule has 0 radical (unpaired) electrons. The first-order chi connectivity index (χ1) is 7.63. The highest BCUT2D eigenvalue weighted by Crippen LogP contribution is 2.22. The fraction of sp³-hybridized carbons (Fsp3) is 0.273. The van der Waals surface area contributed by atoms with E-state index in [9.17, 15) is 9.59 Å². The van der Waals surface area contributed by atoms with Crippen molar-refractivity contribution in [2.75, 3.05) is 6.54 Å². The summed E-state index contributed by atoms with van der Waals surface area (Å²) in [6.07, 6.45) is 0. The first-order valence-corrected chi connectivity index (χ1v) is 5.38. The van der Waals surface area contributed by atoms with E-state index in [2.05, 4.69) is 5.43 Å². The van der Waals surface area contributed by atoms with Gasteiger partial charge in [0, 0.05) is 11.6 Å². The van der Waals surface area contributed by atoms with E-state index in [1.807, 2.05) is 6.92 Å². The summed E-state index contributed by atoms with van der Waals surface area (Å²) in [5, 5.41) is 1.93. The minimum Gasteiger partial charge on any atom is -0.286 e. The second kappa shape index (κ2) is 4.23. The van der Waals surface area contributed by atoms with Crippen LogP contribution in [-0.4, -0.2) is 23.2 Å². The number of ketones is 1. The van der Waals surface area contributed by atoms with Crippen LogP contribution < -0.4 is 5.43 Å². The molecule has 1 saturated heterocycles. The number of carbonyl (C=O) groups is 2. The van der Waals surface area contributed by atoms with E-state index in [0.29, 0.717) is 11.6 Å². The van der Waals surface area contributed by atoms with Crippen LogP contribution in [0.15, 0.2) is 24.3 Å². The predicted octanol–water partition coefficient (Wildman–Crippen LogP) is 1.32. The molecule has 5 heteroatoms. The molecule has 0 aromatic heterocycles. The smallest absolute Gasteiger partial charge is 0.286 e. The number of amides is 1. The average molecular weight is 239 g/mol. The molecule has 1 aromatic carbocycles. The standard InChI is InChI=1S/C11H11ClN2O2/c1-2-14-11(16)10(15)9(13-14)7-3-5-8(12)6-4-7/h3-6,9,13H,2H2,1H3. The van der Waals surface area contributed by atoms with Gasteiger partial charge in [-0.25, -0.2) is 5.43 Å². The molecule has 1 aromatic rings. The molecule has 16 heavy (non-hydrogen) atoms. The fourth-order valence-corrected chi connectivity index (χ4v) is 1.77. The van der Waals surface area contributed by atoms with Crippen LogP contribution in [-0.2, 0) is 9.59 Å². The maximum absolute atomic E-state index is 11.7. The Morgan fingerprint density at radius 1 is 1.31 bits per heavy atom. The van der Waals surface area contributed by atoms with Crippen molar-refractivity contribution in [2.45, 2.75) is 13.0 Å². The van der Waals surface area contributed by atoms with Crippen molar-refractivity contribution in [2.24, 2.45) is 0 Å². The second-order valence-corrected chi connectivity index (χ2v) is 3.96. The number of Topliss-reactive ketones (excluding diaryl/α,β-unsaturated/α-hetero) is 1. The van der Waals surface area contributed by atoms with Crippen LogP contribution in [0.25, 0.3) is 0 Å². The van der Waals surface area contributed by atoms with Crippen LogP contribution in [0.4, 0.5) is 0 Å².